The molecule has 0 bridgehead atoms. The molecule has 0 spiro atoms. The lowest BCUT2D eigenvalue weighted by molar-refractivity contribution is -0.117. The van der Waals surface area contributed by atoms with E-state index in [2.05, 4.69) is 15.4 Å². The predicted molar refractivity (Wildman–Crippen MR) is 112 cm³/mol. The first-order valence-corrected chi connectivity index (χ1v) is 9.62. The number of hydrogen-bond acceptors (Lipinski definition) is 5. The molecule has 0 radical (unpaired) electrons. The summed E-state index contributed by atoms with van der Waals surface area (Å²) in [5.41, 5.74) is 2.08. The second-order valence-electron chi connectivity index (χ2n) is 6.49. The highest BCUT2D eigenvalue weighted by Crippen LogP contribution is 2.23. The molecule has 4 rings (SSSR count). The van der Waals surface area contributed by atoms with Gasteiger partial charge in [-0.1, -0.05) is 36.4 Å². The molecule has 0 aliphatic carbocycles. The molecule has 2 aromatic carbocycles. The van der Waals surface area contributed by atoms with E-state index in [9.17, 15) is 9.59 Å². The number of amides is 1. The average molecular weight is 390 g/mol. The number of carbonyl (C=O) groups is 1. The van der Waals surface area contributed by atoms with E-state index in [4.69, 9.17) is 0 Å². The Morgan fingerprint density at radius 3 is 2.61 bits per heavy atom. The molecule has 2 aromatic heterocycles. The molecule has 28 heavy (non-hydrogen) atoms. The van der Waals surface area contributed by atoms with Crippen molar-refractivity contribution >= 4 is 33.1 Å². The van der Waals surface area contributed by atoms with Crippen LogP contribution in [0.1, 0.15) is 10.6 Å². The van der Waals surface area contributed by atoms with E-state index in [1.165, 1.54) is 22.1 Å². The summed E-state index contributed by atoms with van der Waals surface area (Å²) in [7, 11) is 0. The van der Waals surface area contributed by atoms with Crippen LogP contribution in [-0.2, 0) is 11.3 Å². The van der Waals surface area contributed by atoms with E-state index in [1.54, 1.807) is 6.07 Å². The largest absolute Gasteiger partial charge is 0.300 e. The number of nitrogens with zero attached hydrogens (tertiary/aromatic N) is 3. The van der Waals surface area contributed by atoms with Crippen LogP contribution in [-0.4, -0.2) is 20.7 Å². The van der Waals surface area contributed by atoms with Crippen molar-refractivity contribution in [2.45, 2.75) is 20.4 Å². The number of anilines is 1. The molecule has 1 amide bonds. The Morgan fingerprint density at radius 1 is 1.07 bits per heavy atom. The van der Waals surface area contributed by atoms with Gasteiger partial charge in [0.25, 0.3) is 5.56 Å². The topological polar surface area (TPSA) is 76.9 Å². The maximum absolute atomic E-state index is 12.3. The maximum atomic E-state index is 12.3. The van der Waals surface area contributed by atoms with E-state index in [1.807, 2.05) is 56.3 Å². The number of hydrogen-bond donors (Lipinski definition) is 1. The molecule has 0 aliphatic heterocycles. The van der Waals surface area contributed by atoms with E-state index in [-0.39, 0.29) is 18.0 Å². The van der Waals surface area contributed by atoms with E-state index < -0.39 is 0 Å². The monoisotopic (exact) mass is 390 g/mol. The van der Waals surface area contributed by atoms with Crippen LogP contribution in [0, 0.1) is 13.8 Å². The van der Waals surface area contributed by atoms with Gasteiger partial charge in [0.15, 0.2) is 5.13 Å². The molecule has 2 heterocycles. The number of nitrogens with one attached hydrogen (secondary N) is 1. The van der Waals surface area contributed by atoms with Gasteiger partial charge in [0, 0.05) is 16.5 Å². The predicted octanol–water partition coefficient (Wildman–Crippen LogP) is 3.78. The van der Waals surface area contributed by atoms with Crippen LogP contribution in [0.3, 0.4) is 0 Å². The molecule has 0 fully saturated rings. The Hall–Kier alpha value is -3.32. The van der Waals surface area contributed by atoms with Crippen LogP contribution in [0.15, 0.2) is 59.4 Å². The molecule has 4 aromatic rings. The van der Waals surface area contributed by atoms with Crippen molar-refractivity contribution in [3.8, 4) is 11.3 Å². The van der Waals surface area contributed by atoms with Gasteiger partial charge in [-0.15, -0.1) is 11.3 Å². The Morgan fingerprint density at radius 2 is 1.86 bits per heavy atom. The van der Waals surface area contributed by atoms with E-state index in [0.29, 0.717) is 10.8 Å². The second-order valence-corrected chi connectivity index (χ2v) is 7.69. The number of thiazole rings is 1. The van der Waals surface area contributed by atoms with Gasteiger partial charge in [-0.3, -0.25) is 9.59 Å². The average Bonchev–Trinajstić information content (AvgIpc) is 3.00. The summed E-state index contributed by atoms with van der Waals surface area (Å²) in [6, 6.07) is 17.1. The lowest BCUT2D eigenvalue weighted by Crippen LogP contribution is -2.29. The van der Waals surface area contributed by atoms with Gasteiger partial charge in [0.2, 0.25) is 5.91 Å². The van der Waals surface area contributed by atoms with Crippen LogP contribution in [0.4, 0.5) is 5.13 Å². The summed E-state index contributed by atoms with van der Waals surface area (Å²) < 4.78 is 1.17. The Labute approximate surface area is 165 Å². The minimum atomic E-state index is -0.334. The zero-order chi connectivity index (χ0) is 19.7. The fourth-order valence-electron chi connectivity index (χ4n) is 2.89. The zero-order valence-electron chi connectivity index (χ0n) is 15.5. The molecule has 1 N–H and O–H groups in total. The molecular formula is C21H18N4O2S. The molecule has 0 saturated heterocycles. The lowest BCUT2D eigenvalue weighted by Gasteiger charge is -2.08. The first-order chi connectivity index (χ1) is 13.5. The maximum Gasteiger partial charge on any atom is 0.267 e. The van der Waals surface area contributed by atoms with Gasteiger partial charge < -0.3 is 5.32 Å². The van der Waals surface area contributed by atoms with Crippen LogP contribution in [0.25, 0.3) is 22.0 Å². The van der Waals surface area contributed by atoms with Gasteiger partial charge in [0.1, 0.15) is 6.54 Å². The van der Waals surface area contributed by atoms with Crippen molar-refractivity contribution < 1.29 is 4.79 Å². The van der Waals surface area contributed by atoms with Crippen molar-refractivity contribution in [3.05, 3.63) is 75.5 Å². The molecule has 7 heteroatoms. The van der Waals surface area contributed by atoms with Gasteiger partial charge in [-0.05, 0) is 36.8 Å². The number of aryl methyl sites for hydroxylation is 2. The summed E-state index contributed by atoms with van der Waals surface area (Å²) in [5, 5.41) is 9.86. The minimum absolute atomic E-state index is 0.169. The van der Waals surface area contributed by atoms with Crippen LogP contribution >= 0.6 is 11.3 Å². The van der Waals surface area contributed by atoms with Crippen LogP contribution in [0.2, 0.25) is 0 Å². The fourth-order valence-corrected chi connectivity index (χ4v) is 3.72. The molecule has 140 valence electrons. The summed E-state index contributed by atoms with van der Waals surface area (Å²) in [6.45, 7) is 3.67. The zero-order valence-corrected chi connectivity index (χ0v) is 16.3. The minimum Gasteiger partial charge on any atom is -0.300 e. The van der Waals surface area contributed by atoms with Crippen LogP contribution in [0.5, 0.6) is 0 Å². The molecule has 0 saturated carbocycles. The van der Waals surface area contributed by atoms with E-state index in [0.717, 1.165) is 26.9 Å². The van der Waals surface area contributed by atoms with Gasteiger partial charge in [-0.25, -0.2) is 9.67 Å². The van der Waals surface area contributed by atoms with Crippen molar-refractivity contribution in [3.63, 3.8) is 0 Å². The summed E-state index contributed by atoms with van der Waals surface area (Å²) in [6.07, 6.45) is 0. The van der Waals surface area contributed by atoms with Gasteiger partial charge in [-0.2, -0.15) is 5.10 Å². The van der Waals surface area contributed by atoms with Gasteiger partial charge >= 0.3 is 0 Å². The highest BCUT2D eigenvalue weighted by Gasteiger charge is 2.11. The van der Waals surface area contributed by atoms with E-state index >= 15 is 0 Å². The number of aromatic nitrogens is 3. The third-order valence-corrected chi connectivity index (χ3v) is 5.47. The first kappa shape index (κ1) is 18.1. The Kier molecular flexibility index (Phi) is 4.75. The Bertz CT molecular complexity index is 1220. The summed E-state index contributed by atoms with van der Waals surface area (Å²) >= 11 is 1.41. The molecular weight excluding hydrogens is 372 g/mol. The lowest BCUT2D eigenvalue weighted by atomic mass is 10.1. The molecule has 0 unspecified atom stereocenters. The quantitative estimate of drug-likeness (QED) is 0.575. The third-order valence-electron chi connectivity index (χ3n) is 4.48. The Balaban J connectivity index is 1.59. The second kappa shape index (κ2) is 7.36. The third kappa shape index (κ3) is 3.70. The highest BCUT2D eigenvalue weighted by atomic mass is 32.1. The number of fused-ring (bicyclic) bond motifs is 1. The first-order valence-electron chi connectivity index (χ1n) is 8.81. The standard InChI is InChI=1S/C21H18N4O2S/c1-13-14(2)28-21(22-13)23-19(26)12-25-20(27)10-9-18(24-25)17-8-7-15-5-3-4-6-16(15)11-17/h3-11H,12H2,1-2H3,(H,22,23,26). The molecule has 0 aliphatic rings. The summed E-state index contributed by atoms with van der Waals surface area (Å²) in [5.74, 6) is -0.334. The number of carbonyl (C=O) groups excluding carboxylic acids is 1. The van der Waals surface area contributed by atoms with Gasteiger partial charge in [0.05, 0.1) is 11.4 Å². The molecule has 6 nitrogen and oxygen atoms in total. The van der Waals surface area contributed by atoms with Crippen molar-refractivity contribution in [2.75, 3.05) is 5.32 Å². The van der Waals surface area contributed by atoms with Crippen LogP contribution < -0.4 is 10.9 Å². The van der Waals surface area contributed by atoms with Crippen molar-refractivity contribution in [1.82, 2.24) is 14.8 Å². The number of benzene rings is 2. The van der Waals surface area contributed by atoms with Crippen molar-refractivity contribution in [1.29, 1.82) is 0 Å². The highest BCUT2D eigenvalue weighted by molar-refractivity contribution is 7.15. The normalized spacial score (nSPS) is 10.9. The summed E-state index contributed by atoms with van der Waals surface area (Å²) in [4.78, 5) is 29.8. The van der Waals surface area contributed by atoms with Crippen molar-refractivity contribution in [2.24, 2.45) is 0 Å². The molecule has 0 atom stereocenters. The smallest absolute Gasteiger partial charge is 0.267 e. The number of rotatable bonds is 4. The SMILES string of the molecule is Cc1nc(NC(=O)Cn2nc(-c3ccc4ccccc4c3)ccc2=O)sc1C. The fraction of sp³-hybridized carbons (Fsp3) is 0.143.